The molecule has 1 aliphatic carbocycles. The van der Waals surface area contributed by atoms with Crippen LogP contribution < -0.4 is 0 Å². The van der Waals surface area contributed by atoms with Crippen molar-refractivity contribution in [3.63, 3.8) is 0 Å². The van der Waals surface area contributed by atoms with Crippen LogP contribution in [0, 0.1) is 0 Å². The lowest BCUT2D eigenvalue weighted by Gasteiger charge is -2.13. The van der Waals surface area contributed by atoms with Crippen molar-refractivity contribution in [1.82, 2.24) is 0 Å². The Balaban J connectivity index is 2.42. The van der Waals surface area contributed by atoms with Crippen LogP contribution in [0.5, 0.6) is 0 Å². The third-order valence-electron chi connectivity index (χ3n) is 1.61. The van der Waals surface area contributed by atoms with E-state index >= 15 is 0 Å². The second kappa shape index (κ2) is 2.31. The van der Waals surface area contributed by atoms with Gasteiger partial charge < -0.3 is 5.11 Å². The summed E-state index contributed by atoms with van der Waals surface area (Å²) in [6.45, 7) is 2.12. The summed E-state index contributed by atoms with van der Waals surface area (Å²) in [7, 11) is 0. The minimum Gasteiger partial charge on any atom is -0.393 e. The van der Waals surface area contributed by atoms with E-state index in [1.807, 2.05) is 0 Å². The van der Waals surface area contributed by atoms with Crippen LogP contribution in [0.25, 0.3) is 0 Å². The molecule has 8 heavy (non-hydrogen) atoms. The highest BCUT2D eigenvalue weighted by atomic mass is 16.3. The van der Waals surface area contributed by atoms with Crippen LogP contribution in [0.3, 0.4) is 0 Å². The van der Waals surface area contributed by atoms with Gasteiger partial charge >= 0.3 is 0 Å². The van der Waals surface area contributed by atoms with Crippen LogP contribution in [0.4, 0.5) is 0 Å². The molecule has 1 heteroatoms. The lowest BCUT2D eigenvalue weighted by atomic mass is 9.99. The third kappa shape index (κ3) is 1.34. The normalized spacial score (nSPS) is 29.8. The monoisotopic (exact) mass is 112 g/mol. The molecule has 1 aliphatic rings. The summed E-state index contributed by atoms with van der Waals surface area (Å²) in [6, 6.07) is 0. The van der Waals surface area contributed by atoms with Crippen LogP contribution in [-0.4, -0.2) is 11.2 Å². The molecule has 0 radical (unpaired) electrons. The molecule has 0 heterocycles. The SMILES string of the molecule is CC1=CC[C@H](O)CC1. The average molecular weight is 112 g/mol. The predicted molar refractivity (Wildman–Crippen MR) is 33.6 cm³/mol. The molecule has 1 rings (SSSR count). The minimum absolute atomic E-state index is 0.0568. The van der Waals surface area contributed by atoms with Crippen molar-refractivity contribution in [3.8, 4) is 0 Å². The number of aliphatic hydroxyl groups excluding tert-OH is 1. The molecular weight excluding hydrogens is 100 g/mol. The summed E-state index contributed by atoms with van der Waals surface area (Å²) in [6.07, 6.45) is 4.97. The van der Waals surface area contributed by atoms with Gasteiger partial charge in [0.15, 0.2) is 0 Å². The van der Waals surface area contributed by atoms with E-state index in [9.17, 15) is 0 Å². The van der Waals surface area contributed by atoms with E-state index in [0.717, 1.165) is 19.3 Å². The lowest BCUT2D eigenvalue weighted by molar-refractivity contribution is 0.162. The maximum absolute atomic E-state index is 8.98. The number of aliphatic hydroxyl groups is 1. The maximum atomic E-state index is 8.98. The van der Waals surface area contributed by atoms with Gasteiger partial charge in [0.2, 0.25) is 0 Å². The summed E-state index contributed by atoms with van der Waals surface area (Å²) in [5.74, 6) is 0. The minimum atomic E-state index is -0.0568. The number of rotatable bonds is 0. The average Bonchev–Trinajstić information content (AvgIpc) is 1.77. The molecule has 0 spiro atoms. The second-order valence-electron chi connectivity index (χ2n) is 2.48. The molecule has 0 fully saturated rings. The first kappa shape index (κ1) is 5.83. The first-order valence-electron chi connectivity index (χ1n) is 3.13. The fraction of sp³-hybridized carbons (Fsp3) is 0.714. The molecule has 0 saturated carbocycles. The first-order chi connectivity index (χ1) is 3.79. The van der Waals surface area contributed by atoms with Crippen molar-refractivity contribution in [3.05, 3.63) is 11.6 Å². The second-order valence-corrected chi connectivity index (χ2v) is 2.48. The zero-order chi connectivity index (χ0) is 5.98. The topological polar surface area (TPSA) is 20.2 Å². The maximum Gasteiger partial charge on any atom is 0.0577 e. The van der Waals surface area contributed by atoms with Gasteiger partial charge in [-0.1, -0.05) is 11.6 Å². The van der Waals surface area contributed by atoms with E-state index in [0.29, 0.717) is 0 Å². The van der Waals surface area contributed by atoms with E-state index in [-0.39, 0.29) is 6.10 Å². The third-order valence-corrected chi connectivity index (χ3v) is 1.61. The molecule has 1 atom stereocenters. The fourth-order valence-electron chi connectivity index (χ4n) is 0.951. The zero-order valence-electron chi connectivity index (χ0n) is 5.22. The molecule has 0 aliphatic heterocycles. The largest absolute Gasteiger partial charge is 0.393 e. The van der Waals surface area contributed by atoms with Gasteiger partial charge in [-0.3, -0.25) is 0 Å². The summed E-state index contributed by atoms with van der Waals surface area (Å²) >= 11 is 0. The molecular formula is C7H12O. The highest BCUT2D eigenvalue weighted by Gasteiger charge is 2.06. The van der Waals surface area contributed by atoms with Crippen molar-refractivity contribution in [2.45, 2.75) is 32.3 Å². The van der Waals surface area contributed by atoms with E-state index < -0.39 is 0 Å². The van der Waals surface area contributed by atoms with Crippen molar-refractivity contribution in [2.24, 2.45) is 0 Å². The van der Waals surface area contributed by atoms with Gasteiger partial charge in [0.05, 0.1) is 6.10 Å². The molecule has 0 unspecified atom stereocenters. The molecule has 0 aromatic carbocycles. The Hall–Kier alpha value is -0.300. The van der Waals surface area contributed by atoms with Crippen molar-refractivity contribution in [1.29, 1.82) is 0 Å². The lowest BCUT2D eigenvalue weighted by Crippen LogP contribution is -2.08. The fourth-order valence-corrected chi connectivity index (χ4v) is 0.951. The summed E-state index contributed by atoms with van der Waals surface area (Å²) in [4.78, 5) is 0. The van der Waals surface area contributed by atoms with E-state index in [2.05, 4.69) is 13.0 Å². The Bertz CT molecular complexity index is 105. The first-order valence-corrected chi connectivity index (χ1v) is 3.13. The van der Waals surface area contributed by atoms with Gasteiger partial charge in [-0.2, -0.15) is 0 Å². The van der Waals surface area contributed by atoms with Crippen LogP contribution in [0.1, 0.15) is 26.2 Å². The van der Waals surface area contributed by atoms with Crippen molar-refractivity contribution >= 4 is 0 Å². The van der Waals surface area contributed by atoms with Crippen LogP contribution in [-0.2, 0) is 0 Å². The Kier molecular flexibility index (Phi) is 1.69. The highest BCUT2D eigenvalue weighted by molar-refractivity contribution is 5.02. The molecule has 0 aromatic rings. The molecule has 0 amide bonds. The summed E-state index contributed by atoms with van der Waals surface area (Å²) in [5.41, 5.74) is 1.43. The molecule has 0 bridgehead atoms. The molecule has 1 N–H and O–H groups in total. The predicted octanol–water partition coefficient (Wildman–Crippen LogP) is 1.48. The van der Waals surface area contributed by atoms with Crippen LogP contribution >= 0.6 is 0 Å². The van der Waals surface area contributed by atoms with Gasteiger partial charge in [0.25, 0.3) is 0 Å². The molecule has 0 saturated heterocycles. The van der Waals surface area contributed by atoms with Gasteiger partial charge in [0, 0.05) is 0 Å². The van der Waals surface area contributed by atoms with E-state index in [4.69, 9.17) is 5.11 Å². The van der Waals surface area contributed by atoms with Gasteiger partial charge in [0.1, 0.15) is 0 Å². The molecule has 1 nitrogen and oxygen atoms in total. The van der Waals surface area contributed by atoms with Crippen molar-refractivity contribution in [2.75, 3.05) is 0 Å². The zero-order valence-corrected chi connectivity index (χ0v) is 5.22. The van der Waals surface area contributed by atoms with Gasteiger partial charge in [-0.15, -0.1) is 0 Å². The summed E-state index contributed by atoms with van der Waals surface area (Å²) < 4.78 is 0. The Morgan fingerprint density at radius 2 is 2.50 bits per heavy atom. The Morgan fingerprint density at radius 1 is 1.75 bits per heavy atom. The molecule has 46 valence electrons. The number of hydrogen-bond acceptors (Lipinski definition) is 1. The van der Waals surface area contributed by atoms with E-state index in [1.54, 1.807) is 0 Å². The number of allylic oxidation sites excluding steroid dienone is 1. The number of hydrogen-bond donors (Lipinski definition) is 1. The quantitative estimate of drug-likeness (QED) is 0.470. The highest BCUT2D eigenvalue weighted by Crippen LogP contribution is 2.16. The van der Waals surface area contributed by atoms with Crippen molar-refractivity contribution < 1.29 is 5.11 Å². The van der Waals surface area contributed by atoms with Crippen LogP contribution in [0.15, 0.2) is 11.6 Å². The van der Waals surface area contributed by atoms with Gasteiger partial charge in [-0.25, -0.2) is 0 Å². The van der Waals surface area contributed by atoms with E-state index in [1.165, 1.54) is 5.57 Å². The molecule has 0 aromatic heterocycles. The Morgan fingerprint density at radius 3 is 2.88 bits per heavy atom. The van der Waals surface area contributed by atoms with Gasteiger partial charge in [-0.05, 0) is 26.2 Å². The Labute approximate surface area is 50.0 Å². The van der Waals surface area contributed by atoms with Crippen LogP contribution in [0.2, 0.25) is 0 Å². The smallest absolute Gasteiger partial charge is 0.0577 e. The summed E-state index contributed by atoms with van der Waals surface area (Å²) in [5, 5.41) is 8.98. The standard InChI is InChI=1S/C7H12O/c1-6-2-4-7(8)5-3-6/h2,7-8H,3-5H2,1H3/t7-/m0/s1.